The predicted octanol–water partition coefficient (Wildman–Crippen LogP) is 0.495. The molecule has 1 saturated heterocycles. The van der Waals surface area contributed by atoms with E-state index in [9.17, 15) is 4.79 Å². The molecule has 9 heteroatoms. The van der Waals surface area contributed by atoms with Crippen LogP contribution < -0.4 is 10.6 Å². The van der Waals surface area contributed by atoms with Crippen molar-refractivity contribution in [2.75, 3.05) is 33.2 Å². The van der Waals surface area contributed by atoms with Crippen LogP contribution in [0.1, 0.15) is 28.2 Å². The Morgan fingerprint density at radius 2 is 2.31 bits per heavy atom. The second kappa shape index (κ2) is 7.22. The molecule has 3 N–H and O–H groups in total. The summed E-state index contributed by atoms with van der Waals surface area (Å²) in [7, 11) is 2.05. The molecule has 1 aromatic carbocycles. The summed E-state index contributed by atoms with van der Waals surface area (Å²) in [4.78, 5) is 19.0. The number of nitrogens with one attached hydrogen (secondary N) is 3. The molecule has 4 rings (SSSR count). The van der Waals surface area contributed by atoms with Crippen molar-refractivity contribution in [2.45, 2.75) is 12.5 Å². The minimum Gasteiger partial charge on any atom is -0.350 e. The minimum absolute atomic E-state index is 0.117. The zero-order chi connectivity index (χ0) is 17.9. The van der Waals surface area contributed by atoms with Gasteiger partial charge in [-0.05, 0) is 13.1 Å². The fraction of sp³-hybridized carbons (Fsp3) is 0.412. The molecule has 2 aromatic heterocycles. The van der Waals surface area contributed by atoms with Gasteiger partial charge in [-0.3, -0.25) is 14.8 Å². The number of carbonyl (C=O) groups is 1. The van der Waals surface area contributed by atoms with Gasteiger partial charge in [-0.15, -0.1) is 0 Å². The summed E-state index contributed by atoms with van der Waals surface area (Å²) >= 11 is 0. The summed E-state index contributed by atoms with van der Waals surface area (Å²) in [5, 5.41) is 18.0. The Morgan fingerprint density at radius 1 is 1.42 bits per heavy atom. The number of benzene rings is 1. The molecule has 1 unspecified atom stereocenters. The molecule has 1 fully saturated rings. The molecule has 0 bridgehead atoms. The van der Waals surface area contributed by atoms with Crippen LogP contribution in [-0.2, 0) is 6.42 Å². The van der Waals surface area contributed by atoms with Gasteiger partial charge >= 0.3 is 0 Å². The van der Waals surface area contributed by atoms with Crippen LogP contribution in [0, 0.1) is 0 Å². The zero-order valence-electron chi connectivity index (χ0n) is 14.5. The molecule has 1 amide bonds. The molecular weight excluding hydrogens is 334 g/mol. The van der Waals surface area contributed by atoms with Crippen LogP contribution in [0.2, 0.25) is 0 Å². The number of amides is 1. The van der Waals surface area contributed by atoms with E-state index in [2.05, 4.69) is 42.9 Å². The van der Waals surface area contributed by atoms with Gasteiger partial charge < -0.3 is 15.2 Å². The SMILES string of the molecule is CN1CCNCC1c1noc(CCNC(=O)c2n[nH]c3ccccc23)n1. The van der Waals surface area contributed by atoms with Crippen molar-refractivity contribution in [1.82, 2.24) is 35.9 Å². The molecule has 1 aliphatic heterocycles. The number of H-pyrrole nitrogens is 1. The number of hydrogen-bond donors (Lipinski definition) is 3. The van der Waals surface area contributed by atoms with Gasteiger partial charge in [0.1, 0.15) is 0 Å². The van der Waals surface area contributed by atoms with E-state index >= 15 is 0 Å². The smallest absolute Gasteiger partial charge is 0.272 e. The summed E-state index contributed by atoms with van der Waals surface area (Å²) in [6, 6.07) is 7.65. The second-order valence-corrected chi connectivity index (χ2v) is 6.37. The first-order valence-electron chi connectivity index (χ1n) is 8.67. The molecule has 136 valence electrons. The molecule has 1 aliphatic rings. The molecule has 1 atom stereocenters. The Kier molecular flexibility index (Phi) is 4.63. The van der Waals surface area contributed by atoms with E-state index in [1.54, 1.807) is 0 Å². The standard InChI is InChI=1S/C17H21N7O2/c1-24-9-8-18-10-13(24)16-20-14(26-23-16)6-7-19-17(25)15-11-4-2-3-5-12(11)21-22-15/h2-5,13,18H,6-10H2,1H3,(H,19,25)(H,21,22). The number of nitrogens with zero attached hydrogens (tertiary/aromatic N) is 4. The summed E-state index contributed by atoms with van der Waals surface area (Å²) in [5.41, 5.74) is 1.23. The fourth-order valence-electron chi connectivity index (χ4n) is 3.10. The number of piperazine rings is 1. The Morgan fingerprint density at radius 3 is 3.19 bits per heavy atom. The summed E-state index contributed by atoms with van der Waals surface area (Å²) in [5.74, 6) is 0.976. The normalized spacial score (nSPS) is 18.3. The third kappa shape index (κ3) is 3.31. The lowest BCUT2D eigenvalue weighted by Gasteiger charge is -2.30. The van der Waals surface area contributed by atoms with Gasteiger partial charge in [0.15, 0.2) is 11.5 Å². The van der Waals surface area contributed by atoms with E-state index < -0.39 is 0 Å². The zero-order valence-corrected chi connectivity index (χ0v) is 14.5. The van der Waals surface area contributed by atoms with E-state index in [0.717, 1.165) is 30.5 Å². The summed E-state index contributed by atoms with van der Waals surface area (Å²) in [6.45, 7) is 3.12. The fourth-order valence-corrected chi connectivity index (χ4v) is 3.10. The Balaban J connectivity index is 1.34. The van der Waals surface area contributed by atoms with Crippen molar-refractivity contribution in [1.29, 1.82) is 0 Å². The van der Waals surface area contributed by atoms with Crippen LogP contribution in [0.5, 0.6) is 0 Å². The number of para-hydroxylation sites is 1. The monoisotopic (exact) mass is 355 g/mol. The molecule has 3 aromatic rings. The van der Waals surface area contributed by atoms with Crippen LogP contribution in [-0.4, -0.2) is 64.4 Å². The molecule has 9 nitrogen and oxygen atoms in total. The number of rotatable bonds is 5. The number of carbonyl (C=O) groups excluding carboxylic acids is 1. The van der Waals surface area contributed by atoms with Crippen molar-refractivity contribution in [2.24, 2.45) is 0 Å². The lowest BCUT2D eigenvalue weighted by molar-refractivity contribution is 0.0950. The van der Waals surface area contributed by atoms with Crippen LogP contribution in [0.15, 0.2) is 28.8 Å². The highest BCUT2D eigenvalue weighted by Crippen LogP contribution is 2.18. The van der Waals surface area contributed by atoms with E-state index in [1.165, 1.54) is 0 Å². The van der Waals surface area contributed by atoms with E-state index in [-0.39, 0.29) is 11.9 Å². The molecule has 3 heterocycles. The van der Waals surface area contributed by atoms with Crippen LogP contribution in [0.3, 0.4) is 0 Å². The van der Waals surface area contributed by atoms with Crippen molar-refractivity contribution in [3.63, 3.8) is 0 Å². The third-order valence-corrected chi connectivity index (χ3v) is 4.60. The van der Waals surface area contributed by atoms with Crippen LogP contribution in [0.4, 0.5) is 0 Å². The first-order chi connectivity index (χ1) is 12.7. The Hall–Kier alpha value is -2.78. The Bertz CT molecular complexity index is 903. The van der Waals surface area contributed by atoms with E-state index in [4.69, 9.17) is 4.52 Å². The second-order valence-electron chi connectivity index (χ2n) is 6.37. The number of hydrogen-bond acceptors (Lipinski definition) is 7. The third-order valence-electron chi connectivity index (χ3n) is 4.60. The quantitative estimate of drug-likeness (QED) is 0.611. The lowest BCUT2D eigenvalue weighted by Crippen LogP contribution is -2.44. The van der Waals surface area contributed by atoms with Crippen LogP contribution in [0.25, 0.3) is 10.9 Å². The topological polar surface area (TPSA) is 112 Å². The van der Waals surface area contributed by atoms with E-state index in [1.807, 2.05) is 24.3 Å². The van der Waals surface area contributed by atoms with Gasteiger partial charge in [-0.2, -0.15) is 10.1 Å². The van der Waals surface area contributed by atoms with Gasteiger partial charge in [0.25, 0.3) is 5.91 Å². The first kappa shape index (κ1) is 16.7. The number of fused-ring (bicyclic) bond motifs is 1. The molecule has 0 saturated carbocycles. The lowest BCUT2D eigenvalue weighted by atomic mass is 10.2. The molecule has 0 aliphatic carbocycles. The highest BCUT2D eigenvalue weighted by Gasteiger charge is 2.25. The largest absolute Gasteiger partial charge is 0.350 e. The average Bonchev–Trinajstić information content (AvgIpc) is 3.29. The summed E-state index contributed by atoms with van der Waals surface area (Å²) < 4.78 is 5.32. The van der Waals surface area contributed by atoms with Crippen molar-refractivity contribution >= 4 is 16.8 Å². The summed E-state index contributed by atoms with van der Waals surface area (Å²) in [6.07, 6.45) is 0.477. The number of aromatic amines is 1. The maximum absolute atomic E-state index is 12.3. The van der Waals surface area contributed by atoms with Gasteiger partial charge in [-0.25, -0.2) is 0 Å². The average molecular weight is 355 g/mol. The number of likely N-dealkylation sites (N-methyl/N-ethyl adjacent to an activating group) is 1. The van der Waals surface area contributed by atoms with E-state index in [0.29, 0.717) is 30.4 Å². The van der Waals surface area contributed by atoms with Crippen molar-refractivity contribution in [3.8, 4) is 0 Å². The highest BCUT2D eigenvalue weighted by molar-refractivity contribution is 6.04. The molecule has 0 spiro atoms. The maximum Gasteiger partial charge on any atom is 0.272 e. The molecule has 26 heavy (non-hydrogen) atoms. The Labute approximate surface area is 150 Å². The highest BCUT2D eigenvalue weighted by atomic mass is 16.5. The maximum atomic E-state index is 12.3. The van der Waals surface area contributed by atoms with Crippen LogP contribution >= 0.6 is 0 Å². The number of aromatic nitrogens is 4. The van der Waals surface area contributed by atoms with Gasteiger partial charge in [0, 0.05) is 38.0 Å². The van der Waals surface area contributed by atoms with Gasteiger partial charge in [0.2, 0.25) is 5.89 Å². The first-order valence-corrected chi connectivity index (χ1v) is 8.67. The molecular formula is C17H21N7O2. The van der Waals surface area contributed by atoms with Crippen molar-refractivity contribution < 1.29 is 9.32 Å². The van der Waals surface area contributed by atoms with Crippen molar-refractivity contribution in [3.05, 3.63) is 41.7 Å². The van der Waals surface area contributed by atoms with Gasteiger partial charge in [0.05, 0.1) is 11.6 Å². The minimum atomic E-state index is -0.224. The molecule has 0 radical (unpaired) electrons. The van der Waals surface area contributed by atoms with Gasteiger partial charge in [-0.1, -0.05) is 23.4 Å². The predicted molar refractivity (Wildman–Crippen MR) is 94.7 cm³/mol.